The molecule has 0 bridgehead atoms. The van der Waals surface area contributed by atoms with E-state index in [2.05, 4.69) is 37.2 Å². The molecule has 17 heavy (non-hydrogen) atoms. The standard InChI is InChI=1S/C13H15Br2NO/c1-9(10-6-4-3-5-7-10)16-11(17)12(2)8-13(12,14)15/h3-7,9H,8H2,1-2H3,(H,16,17)/t9-,12+/m1/s1. The number of rotatable bonds is 3. The molecule has 1 fully saturated rings. The Hall–Kier alpha value is -0.350. The molecule has 1 N–H and O–H groups in total. The van der Waals surface area contributed by atoms with Crippen molar-refractivity contribution in [3.8, 4) is 0 Å². The van der Waals surface area contributed by atoms with Gasteiger partial charge in [-0.2, -0.15) is 0 Å². The molecule has 4 heteroatoms. The van der Waals surface area contributed by atoms with Crippen LogP contribution in [-0.2, 0) is 4.79 Å². The van der Waals surface area contributed by atoms with Crippen molar-refractivity contribution < 1.29 is 4.79 Å². The van der Waals surface area contributed by atoms with Gasteiger partial charge in [0.15, 0.2) is 0 Å². The van der Waals surface area contributed by atoms with Crippen molar-refractivity contribution >= 4 is 37.8 Å². The van der Waals surface area contributed by atoms with Crippen molar-refractivity contribution in [3.05, 3.63) is 35.9 Å². The number of hydrogen-bond acceptors (Lipinski definition) is 1. The molecule has 0 unspecified atom stereocenters. The van der Waals surface area contributed by atoms with Crippen molar-refractivity contribution in [3.63, 3.8) is 0 Å². The van der Waals surface area contributed by atoms with E-state index in [1.165, 1.54) is 0 Å². The van der Waals surface area contributed by atoms with Crippen LogP contribution in [0.15, 0.2) is 30.3 Å². The Morgan fingerprint density at radius 2 is 1.88 bits per heavy atom. The molecule has 0 radical (unpaired) electrons. The molecule has 1 amide bonds. The Labute approximate surface area is 118 Å². The molecule has 1 saturated carbocycles. The zero-order valence-corrected chi connectivity index (χ0v) is 13.0. The van der Waals surface area contributed by atoms with E-state index >= 15 is 0 Å². The summed E-state index contributed by atoms with van der Waals surface area (Å²) >= 11 is 7.02. The number of nitrogens with one attached hydrogen (secondary N) is 1. The van der Waals surface area contributed by atoms with Crippen LogP contribution < -0.4 is 5.32 Å². The Kier molecular flexibility index (Phi) is 3.38. The summed E-state index contributed by atoms with van der Waals surface area (Å²) in [6.07, 6.45) is 0.813. The third-order valence-corrected chi connectivity index (χ3v) is 5.72. The van der Waals surface area contributed by atoms with Gasteiger partial charge in [-0.05, 0) is 25.8 Å². The van der Waals surface area contributed by atoms with Gasteiger partial charge in [0, 0.05) is 0 Å². The monoisotopic (exact) mass is 359 g/mol. The minimum absolute atomic E-state index is 0.0388. The maximum Gasteiger partial charge on any atom is 0.228 e. The molecule has 2 atom stereocenters. The maximum absolute atomic E-state index is 12.2. The van der Waals surface area contributed by atoms with Crippen molar-refractivity contribution in [2.24, 2.45) is 5.41 Å². The fraction of sp³-hybridized carbons (Fsp3) is 0.462. The molecule has 0 heterocycles. The highest BCUT2D eigenvalue weighted by Crippen LogP contribution is 2.66. The average molecular weight is 361 g/mol. The molecule has 1 aliphatic rings. The van der Waals surface area contributed by atoms with Gasteiger partial charge >= 0.3 is 0 Å². The lowest BCUT2D eigenvalue weighted by Gasteiger charge is -2.18. The van der Waals surface area contributed by atoms with E-state index in [0.717, 1.165) is 12.0 Å². The number of hydrogen-bond donors (Lipinski definition) is 1. The van der Waals surface area contributed by atoms with Crippen LogP contribution in [-0.4, -0.2) is 9.14 Å². The Morgan fingerprint density at radius 1 is 1.35 bits per heavy atom. The Balaban J connectivity index is 2.01. The summed E-state index contributed by atoms with van der Waals surface area (Å²) in [5, 5.41) is 3.06. The highest BCUT2D eigenvalue weighted by Gasteiger charge is 2.66. The smallest absolute Gasteiger partial charge is 0.228 e. The predicted molar refractivity (Wildman–Crippen MR) is 76.3 cm³/mol. The largest absolute Gasteiger partial charge is 0.349 e. The van der Waals surface area contributed by atoms with Gasteiger partial charge in [0.25, 0.3) is 0 Å². The second-order valence-corrected chi connectivity index (χ2v) is 8.59. The highest BCUT2D eigenvalue weighted by atomic mass is 79.9. The van der Waals surface area contributed by atoms with Crippen LogP contribution in [0.25, 0.3) is 0 Å². The first-order valence-electron chi connectivity index (χ1n) is 5.60. The summed E-state index contributed by atoms with van der Waals surface area (Å²) in [6, 6.07) is 10.0. The topological polar surface area (TPSA) is 29.1 Å². The first-order chi connectivity index (χ1) is 7.87. The van der Waals surface area contributed by atoms with Crippen LogP contribution in [0.4, 0.5) is 0 Å². The summed E-state index contributed by atoms with van der Waals surface area (Å²) < 4.78 is -0.229. The van der Waals surface area contributed by atoms with Crippen molar-refractivity contribution in [1.29, 1.82) is 0 Å². The van der Waals surface area contributed by atoms with Crippen molar-refractivity contribution in [1.82, 2.24) is 5.32 Å². The number of carbonyl (C=O) groups excluding carboxylic acids is 1. The fourth-order valence-corrected chi connectivity index (χ4v) is 3.31. The zero-order valence-electron chi connectivity index (χ0n) is 9.84. The summed E-state index contributed by atoms with van der Waals surface area (Å²) in [6.45, 7) is 3.96. The third-order valence-electron chi connectivity index (χ3n) is 3.41. The number of benzene rings is 1. The van der Waals surface area contributed by atoms with Gasteiger partial charge in [-0.15, -0.1) is 0 Å². The van der Waals surface area contributed by atoms with Crippen LogP contribution in [0, 0.1) is 5.41 Å². The molecule has 0 saturated heterocycles. The quantitative estimate of drug-likeness (QED) is 0.817. The number of alkyl halides is 2. The minimum Gasteiger partial charge on any atom is -0.349 e. The SMILES string of the molecule is C[C@@H](NC(=O)[C@]1(C)CC1(Br)Br)c1ccccc1. The first-order valence-corrected chi connectivity index (χ1v) is 7.19. The summed E-state index contributed by atoms with van der Waals surface area (Å²) in [4.78, 5) is 12.2. The number of carbonyl (C=O) groups is 1. The maximum atomic E-state index is 12.2. The van der Waals surface area contributed by atoms with Crippen LogP contribution in [0.1, 0.15) is 31.9 Å². The van der Waals surface area contributed by atoms with E-state index in [-0.39, 0.29) is 20.6 Å². The lowest BCUT2D eigenvalue weighted by molar-refractivity contribution is -0.126. The van der Waals surface area contributed by atoms with Gasteiger partial charge < -0.3 is 5.32 Å². The van der Waals surface area contributed by atoms with Gasteiger partial charge in [-0.25, -0.2) is 0 Å². The summed E-state index contributed by atoms with van der Waals surface area (Å²) in [7, 11) is 0. The second-order valence-electron chi connectivity index (χ2n) is 4.82. The van der Waals surface area contributed by atoms with Crippen LogP contribution >= 0.6 is 31.9 Å². The van der Waals surface area contributed by atoms with E-state index in [4.69, 9.17) is 0 Å². The van der Waals surface area contributed by atoms with Gasteiger partial charge in [-0.3, -0.25) is 4.79 Å². The van der Waals surface area contributed by atoms with Crippen LogP contribution in [0.3, 0.4) is 0 Å². The van der Waals surface area contributed by atoms with Crippen LogP contribution in [0.2, 0.25) is 0 Å². The molecular weight excluding hydrogens is 346 g/mol. The molecule has 1 aliphatic carbocycles. The normalized spacial score (nSPS) is 27.3. The van der Waals surface area contributed by atoms with Gasteiger partial charge in [-0.1, -0.05) is 62.2 Å². The van der Waals surface area contributed by atoms with Crippen LogP contribution in [0.5, 0.6) is 0 Å². The summed E-state index contributed by atoms with van der Waals surface area (Å²) in [5.41, 5.74) is 0.774. The lowest BCUT2D eigenvalue weighted by atomic mass is 10.1. The lowest BCUT2D eigenvalue weighted by Crippen LogP contribution is -2.34. The average Bonchev–Trinajstić information content (AvgIpc) is 2.81. The molecule has 2 nitrogen and oxygen atoms in total. The molecule has 1 aromatic carbocycles. The Bertz CT molecular complexity index is 432. The van der Waals surface area contributed by atoms with E-state index in [1.807, 2.05) is 44.2 Å². The molecule has 2 rings (SSSR count). The zero-order chi connectivity index (χ0) is 12.7. The molecule has 1 aromatic rings. The first kappa shape index (κ1) is 13.1. The minimum atomic E-state index is -0.351. The number of halogens is 2. The second kappa shape index (κ2) is 4.39. The van der Waals surface area contributed by atoms with Gasteiger partial charge in [0.2, 0.25) is 5.91 Å². The van der Waals surface area contributed by atoms with Crippen molar-refractivity contribution in [2.45, 2.75) is 29.5 Å². The molecule has 0 spiro atoms. The van der Waals surface area contributed by atoms with E-state index < -0.39 is 0 Å². The molecule has 92 valence electrons. The molecular formula is C13H15Br2NO. The summed E-state index contributed by atoms with van der Waals surface area (Å²) in [5.74, 6) is 0.0857. The van der Waals surface area contributed by atoms with Gasteiger partial charge in [0.1, 0.15) is 0 Å². The van der Waals surface area contributed by atoms with E-state index in [9.17, 15) is 4.79 Å². The fourth-order valence-electron chi connectivity index (χ4n) is 1.83. The third kappa shape index (κ3) is 2.43. The number of amides is 1. The van der Waals surface area contributed by atoms with Crippen molar-refractivity contribution in [2.75, 3.05) is 0 Å². The van der Waals surface area contributed by atoms with E-state index in [0.29, 0.717) is 0 Å². The van der Waals surface area contributed by atoms with E-state index in [1.54, 1.807) is 0 Å². The predicted octanol–water partition coefficient (Wildman–Crippen LogP) is 3.76. The molecule has 0 aromatic heterocycles. The molecule has 0 aliphatic heterocycles. The highest BCUT2D eigenvalue weighted by molar-refractivity contribution is 9.25. The van der Waals surface area contributed by atoms with Gasteiger partial charge in [0.05, 0.1) is 14.7 Å². The Morgan fingerprint density at radius 3 is 2.35 bits per heavy atom.